The number of benzene rings is 2. The fourth-order valence-electron chi connectivity index (χ4n) is 4.04. The first-order chi connectivity index (χ1) is 15.0. The maximum absolute atomic E-state index is 13.6. The standard InChI is InChI=1S/C23H17N3O4S/c1-12-16(22(29)30-2)18(13-8-4-3-5-9-13)26-21(28)19(31-23(26)24-12)17-14-10-6-7-11-15(14)25-20(17)27/h3-11,18H,1-2H3,(H,25,27)/b19-17+. The van der Waals surface area contributed by atoms with Gasteiger partial charge in [0.2, 0.25) is 0 Å². The van der Waals surface area contributed by atoms with Crippen LogP contribution in [0.25, 0.3) is 5.57 Å². The second-order valence-electron chi connectivity index (χ2n) is 7.18. The summed E-state index contributed by atoms with van der Waals surface area (Å²) in [5, 5.41) is 2.81. The molecule has 0 fully saturated rings. The van der Waals surface area contributed by atoms with Crippen molar-refractivity contribution < 1.29 is 14.3 Å². The molecule has 1 atom stereocenters. The molecule has 1 unspecified atom stereocenters. The summed E-state index contributed by atoms with van der Waals surface area (Å²) in [5.41, 5.74) is 2.84. The summed E-state index contributed by atoms with van der Waals surface area (Å²) >= 11 is 1.15. The van der Waals surface area contributed by atoms with Crippen LogP contribution in [0.4, 0.5) is 5.69 Å². The van der Waals surface area contributed by atoms with Crippen LogP contribution in [-0.2, 0) is 14.3 Å². The molecule has 0 bridgehead atoms. The number of ether oxygens (including phenoxy) is 1. The summed E-state index contributed by atoms with van der Waals surface area (Å²) in [6.45, 7) is 1.72. The Hall–Kier alpha value is -3.78. The zero-order valence-electron chi connectivity index (χ0n) is 16.7. The molecular weight excluding hydrogens is 414 g/mol. The summed E-state index contributed by atoms with van der Waals surface area (Å²) in [6.07, 6.45) is 0. The quantitative estimate of drug-likeness (QED) is 0.626. The molecule has 1 N–H and O–H groups in total. The van der Waals surface area contributed by atoms with Crippen LogP contribution in [0.3, 0.4) is 0 Å². The third-order valence-electron chi connectivity index (χ3n) is 5.42. The predicted octanol–water partition coefficient (Wildman–Crippen LogP) is 1.73. The van der Waals surface area contributed by atoms with E-state index in [1.807, 2.05) is 42.5 Å². The number of nitrogens with one attached hydrogen (secondary N) is 1. The Bertz CT molecular complexity index is 1460. The highest BCUT2D eigenvalue weighted by molar-refractivity contribution is 7.07. The SMILES string of the molecule is COC(=O)C1=C(C)N=c2s/c(=C3/C(=O)Nc4ccccc43)c(=O)n2C1c1ccccc1. The number of anilines is 1. The van der Waals surface area contributed by atoms with Crippen LogP contribution in [0.1, 0.15) is 24.1 Å². The molecule has 1 amide bonds. The van der Waals surface area contributed by atoms with Crippen molar-refractivity contribution in [2.24, 2.45) is 4.99 Å². The van der Waals surface area contributed by atoms with Gasteiger partial charge >= 0.3 is 5.97 Å². The van der Waals surface area contributed by atoms with Gasteiger partial charge in [0.05, 0.1) is 30.0 Å². The molecule has 2 aromatic carbocycles. The lowest BCUT2D eigenvalue weighted by Gasteiger charge is -2.24. The van der Waals surface area contributed by atoms with Crippen LogP contribution in [0.5, 0.6) is 0 Å². The van der Waals surface area contributed by atoms with Gasteiger partial charge < -0.3 is 10.1 Å². The smallest absolute Gasteiger partial charge is 0.338 e. The topological polar surface area (TPSA) is 89.8 Å². The second kappa shape index (κ2) is 7.17. The number of carbonyl (C=O) groups is 2. The van der Waals surface area contributed by atoms with Gasteiger partial charge in [-0.1, -0.05) is 59.9 Å². The third-order valence-corrected chi connectivity index (χ3v) is 6.47. The second-order valence-corrected chi connectivity index (χ2v) is 8.16. The van der Waals surface area contributed by atoms with E-state index in [1.165, 1.54) is 11.7 Å². The van der Waals surface area contributed by atoms with E-state index >= 15 is 0 Å². The summed E-state index contributed by atoms with van der Waals surface area (Å²) < 4.78 is 6.77. The van der Waals surface area contributed by atoms with Gasteiger partial charge in [-0.15, -0.1) is 0 Å². The van der Waals surface area contributed by atoms with Crippen molar-refractivity contribution in [2.45, 2.75) is 13.0 Å². The largest absolute Gasteiger partial charge is 0.466 e. The molecule has 5 rings (SSSR count). The maximum Gasteiger partial charge on any atom is 0.338 e. The van der Waals surface area contributed by atoms with E-state index in [2.05, 4.69) is 10.3 Å². The normalized spacial score (nSPS) is 18.8. The number of nitrogens with zero attached hydrogens (tertiary/aromatic N) is 2. The molecule has 3 aromatic rings. The lowest BCUT2D eigenvalue weighted by atomic mass is 9.96. The number of esters is 1. The monoisotopic (exact) mass is 431 g/mol. The van der Waals surface area contributed by atoms with Crippen molar-refractivity contribution in [1.82, 2.24) is 4.57 Å². The summed E-state index contributed by atoms with van der Waals surface area (Å²) in [4.78, 5) is 44.0. The lowest BCUT2D eigenvalue weighted by molar-refractivity contribution is -0.136. The molecule has 154 valence electrons. The van der Waals surface area contributed by atoms with Crippen LogP contribution >= 0.6 is 11.3 Å². The summed E-state index contributed by atoms with van der Waals surface area (Å²) in [5.74, 6) is -0.872. The molecule has 3 heterocycles. The molecule has 0 radical (unpaired) electrons. The first-order valence-corrected chi connectivity index (χ1v) is 10.4. The molecule has 8 heteroatoms. The predicted molar refractivity (Wildman–Crippen MR) is 116 cm³/mol. The Labute approximate surface area is 180 Å². The first kappa shape index (κ1) is 19.2. The number of rotatable bonds is 2. The minimum atomic E-state index is -0.695. The van der Waals surface area contributed by atoms with Gasteiger partial charge in [0.25, 0.3) is 11.5 Å². The minimum absolute atomic E-state index is 0.293. The van der Waals surface area contributed by atoms with Gasteiger partial charge in [0.1, 0.15) is 4.53 Å². The van der Waals surface area contributed by atoms with Crippen molar-refractivity contribution in [3.63, 3.8) is 0 Å². The Balaban J connectivity index is 1.85. The molecular formula is C23H17N3O4S. The average molecular weight is 431 g/mol. The molecule has 0 spiro atoms. The highest BCUT2D eigenvalue weighted by Gasteiger charge is 2.34. The van der Waals surface area contributed by atoms with E-state index in [-0.39, 0.29) is 11.5 Å². The van der Waals surface area contributed by atoms with Crippen LogP contribution in [-0.4, -0.2) is 23.6 Å². The first-order valence-electron chi connectivity index (χ1n) is 9.60. The molecule has 7 nitrogen and oxygen atoms in total. The van der Waals surface area contributed by atoms with Gasteiger partial charge in [-0.2, -0.15) is 0 Å². The number of fused-ring (bicyclic) bond motifs is 2. The maximum atomic E-state index is 13.6. The number of carbonyl (C=O) groups excluding carboxylic acids is 2. The van der Waals surface area contributed by atoms with E-state index in [4.69, 9.17) is 4.74 Å². The van der Waals surface area contributed by atoms with E-state index in [1.54, 1.807) is 19.1 Å². The molecule has 0 saturated carbocycles. The zero-order chi connectivity index (χ0) is 21.7. The van der Waals surface area contributed by atoms with Gasteiger partial charge in [-0.05, 0) is 18.6 Å². The number of amides is 1. The van der Waals surface area contributed by atoms with E-state index in [0.717, 1.165) is 16.9 Å². The Kier molecular flexibility index (Phi) is 4.44. The Morgan fingerprint density at radius 2 is 1.81 bits per heavy atom. The van der Waals surface area contributed by atoms with Crippen molar-refractivity contribution in [1.29, 1.82) is 0 Å². The fraction of sp³-hybridized carbons (Fsp3) is 0.130. The number of thiazole rings is 1. The van der Waals surface area contributed by atoms with Crippen molar-refractivity contribution in [2.75, 3.05) is 12.4 Å². The fourth-order valence-corrected chi connectivity index (χ4v) is 5.18. The van der Waals surface area contributed by atoms with E-state index in [9.17, 15) is 14.4 Å². The molecule has 31 heavy (non-hydrogen) atoms. The Morgan fingerprint density at radius 3 is 2.55 bits per heavy atom. The molecule has 2 aliphatic rings. The van der Waals surface area contributed by atoms with E-state index < -0.39 is 12.0 Å². The van der Waals surface area contributed by atoms with Crippen LogP contribution in [0.2, 0.25) is 0 Å². The average Bonchev–Trinajstić information content (AvgIpc) is 3.28. The zero-order valence-corrected chi connectivity index (χ0v) is 17.5. The highest BCUT2D eigenvalue weighted by Crippen LogP contribution is 2.32. The minimum Gasteiger partial charge on any atom is -0.466 e. The number of allylic oxidation sites excluding steroid dienone is 1. The molecule has 0 saturated heterocycles. The summed E-state index contributed by atoms with van der Waals surface area (Å²) in [6, 6.07) is 15.8. The lowest BCUT2D eigenvalue weighted by Crippen LogP contribution is -2.40. The van der Waals surface area contributed by atoms with E-state index in [0.29, 0.717) is 37.4 Å². The third kappa shape index (κ3) is 2.87. The molecule has 0 aliphatic carbocycles. The van der Waals surface area contributed by atoms with Crippen LogP contribution in [0, 0.1) is 0 Å². The summed E-state index contributed by atoms with van der Waals surface area (Å²) in [7, 11) is 1.30. The van der Waals surface area contributed by atoms with Gasteiger partial charge in [0, 0.05) is 11.3 Å². The Morgan fingerprint density at radius 1 is 1.10 bits per heavy atom. The van der Waals surface area contributed by atoms with Gasteiger partial charge in [0.15, 0.2) is 4.80 Å². The number of aromatic nitrogens is 1. The number of hydrogen-bond donors (Lipinski definition) is 1. The number of methoxy groups -OCH3 is 1. The van der Waals surface area contributed by atoms with Crippen LogP contribution in [0.15, 0.2) is 75.7 Å². The van der Waals surface area contributed by atoms with Crippen LogP contribution < -0.4 is 20.2 Å². The van der Waals surface area contributed by atoms with Crippen molar-refractivity contribution in [3.05, 3.63) is 96.7 Å². The van der Waals surface area contributed by atoms with Gasteiger partial charge in [-0.25, -0.2) is 9.79 Å². The highest BCUT2D eigenvalue weighted by atomic mass is 32.1. The number of para-hydroxylation sites is 1. The molecule has 2 aliphatic heterocycles. The molecule has 1 aromatic heterocycles. The van der Waals surface area contributed by atoms with Crippen molar-refractivity contribution in [3.8, 4) is 0 Å². The van der Waals surface area contributed by atoms with Gasteiger partial charge in [-0.3, -0.25) is 14.2 Å². The number of hydrogen-bond acceptors (Lipinski definition) is 6. The van der Waals surface area contributed by atoms with Crippen molar-refractivity contribution >= 4 is 34.5 Å².